The number of hydrogen-bond donors (Lipinski definition) is 1. The Hall–Kier alpha value is -1.03. The largest absolute Gasteiger partial charge is 0.336 e. The van der Waals surface area contributed by atoms with Crippen LogP contribution in [-0.4, -0.2) is 16.1 Å². The molecule has 0 aliphatic rings. The van der Waals surface area contributed by atoms with Gasteiger partial charge >= 0.3 is 0 Å². The maximum Gasteiger partial charge on any atom is 0.0946 e. The van der Waals surface area contributed by atoms with Crippen molar-refractivity contribution in [2.45, 2.75) is 19.4 Å². The molecule has 1 heterocycles. The fourth-order valence-electron chi connectivity index (χ4n) is 2.15. The smallest absolute Gasteiger partial charge is 0.0946 e. The topological polar surface area (TPSA) is 29.9 Å². The molecule has 3 nitrogen and oxygen atoms in total. The molecule has 2 rings (SSSR count). The van der Waals surface area contributed by atoms with E-state index in [9.17, 15) is 0 Å². The zero-order valence-electron chi connectivity index (χ0n) is 11.0. The molecule has 5 heteroatoms. The first kappa shape index (κ1) is 14.4. The van der Waals surface area contributed by atoms with Gasteiger partial charge in [-0.2, -0.15) is 0 Å². The van der Waals surface area contributed by atoms with E-state index < -0.39 is 0 Å². The van der Waals surface area contributed by atoms with Crippen LogP contribution in [0.15, 0.2) is 30.7 Å². The number of hydrogen-bond acceptors (Lipinski definition) is 2. The van der Waals surface area contributed by atoms with E-state index in [1.165, 1.54) is 0 Å². The molecule has 0 aliphatic heterocycles. The quantitative estimate of drug-likeness (QED) is 0.913. The van der Waals surface area contributed by atoms with Crippen molar-refractivity contribution in [2.75, 3.05) is 6.54 Å². The summed E-state index contributed by atoms with van der Waals surface area (Å²) in [4.78, 5) is 4.17. The van der Waals surface area contributed by atoms with Gasteiger partial charge in [0.2, 0.25) is 0 Å². The highest BCUT2D eigenvalue weighted by Crippen LogP contribution is 2.26. The van der Waals surface area contributed by atoms with Crippen LogP contribution in [0, 0.1) is 0 Å². The Bertz CT molecular complexity index is 551. The van der Waals surface area contributed by atoms with Gasteiger partial charge in [-0.15, -0.1) is 0 Å². The number of benzene rings is 1. The second kappa shape index (κ2) is 6.42. The molecule has 0 saturated carbocycles. The monoisotopic (exact) mass is 297 g/mol. The van der Waals surface area contributed by atoms with Crippen molar-refractivity contribution < 1.29 is 0 Å². The Morgan fingerprint density at radius 2 is 2.16 bits per heavy atom. The van der Waals surface area contributed by atoms with E-state index in [-0.39, 0.29) is 6.04 Å². The van der Waals surface area contributed by atoms with Crippen molar-refractivity contribution in [1.29, 1.82) is 0 Å². The summed E-state index contributed by atoms with van der Waals surface area (Å²) in [7, 11) is 1.99. The van der Waals surface area contributed by atoms with Crippen LogP contribution in [0.4, 0.5) is 0 Å². The van der Waals surface area contributed by atoms with Crippen LogP contribution in [0.2, 0.25) is 10.0 Å². The first-order chi connectivity index (χ1) is 9.11. The maximum absolute atomic E-state index is 6.23. The molecular formula is C14H17Cl2N3. The average molecular weight is 298 g/mol. The summed E-state index contributed by atoms with van der Waals surface area (Å²) < 4.78 is 2.02. The van der Waals surface area contributed by atoms with Gasteiger partial charge in [0.1, 0.15) is 0 Å². The zero-order chi connectivity index (χ0) is 13.8. The molecule has 19 heavy (non-hydrogen) atoms. The highest BCUT2D eigenvalue weighted by molar-refractivity contribution is 6.33. The Labute approximate surface area is 123 Å². The molecule has 1 aromatic carbocycles. The molecule has 0 radical (unpaired) electrons. The van der Waals surface area contributed by atoms with E-state index in [0.29, 0.717) is 5.02 Å². The lowest BCUT2D eigenvalue weighted by atomic mass is 10.0. The van der Waals surface area contributed by atoms with Gasteiger partial charge in [0.25, 0.3) is 0 Å². The molecule has 0 saturated heterocycles. The number of aryl methyl sites for hydroxylation is 1. The molecule has 0 bridgehead atoms. The molecule has 1 unspecified atom stereocenters. The number of likely N-dealkylation sites (N-methyl/N-ethyl adjacent to an activating group) is 1. The second-order valence-corrected chi connectivity index (χ2v) is 5.32. The van der Waals surface area contributed by atoms with Crippen LogP contribution in [0.25, 0.3) is 0 Å². The SMILES string of the molecule is CCNC(Cc1cc(Cl)ccc1Cl)c1cncn1C. The Morgan fingerprint density at radius 3 is 2.79 bits per heavy atom. The van der Waals surface area contributed by atoms with Crippen molar-refractivity contribution in [2.24, 2.45) is 7.05 Å². The van der Waals surface area contributed by atoms with E-state index >= 15 is 0 Å². The number of aromatic nitrogens is 2. The molecule has 1 N–H and O–H groups in total. The minimum absolute atomic E-state index is 0.175. The van der Waals surface area contributed by atoms with Gasteiger partial charge in [-0.25, -0.2) is 4.98 Å². The van der Waals surface area contributed by atoms with Crippen molar-refractivity contribution >= 4 is 23.2 Å². The van der Waals surface area contributed by atoms with E-state index in [0.717, 1.165) is 29.2 Å². The first-order valence-electron chi connectivity index (χ1n) is 6.25. The summed E-state index contributed by atoms with van der Waals surface area (Å²) in [6, 6.07) is 5.74. The highest BCUT2D eigenvalue weighted by Gasteiger charge is 2.16. The summed E-state index contributed by atoms with van der Waals surface area (Å²) in [6.45, 7) is 2.97. The third kappa shape index (κ3) is 3.50. The van der Waals surface area contributed by atoms with Crippen molar-refractivity contribution in [3.8, 4) is 0 Å². The number of rotatable bonds is 5. The van der Waals surface area contributed by atoms with E-state index in [2.05, 4.69) is 17.2 Å². The molecule has 0 fully saturated rings. The van der Waals surface area contributed by atoms with Crippen molar-refractivity contribution in [3.63, 3.8) is 0 Å². The number of nitrogens with zero attached hydrogens (tertiary/aromatic N) is 2. The van der Waals surface area contributed by atoms with Gasteiger partial charge in [-0.05, 0) is 36.7 Å². The van der Waals surface area contributed by atoms with Gasteiger partial charge in [0.15, 0.2) is 0 Å². The van der Waals surface area contributed by atoms with Crippen LogP contribution >= 0.6 is 23.2 Å². The van der Waals surface area contributed by atoms with Crippen LogP contribution in [-0.2, 0) is 13.5 Å². The summed E-state index contributed by atoms with van der Waals surface area (Å²) in [5.41, 5.74) is 2.18. The fraction of sp³-hybridized carbons (Fsp3) is 0.357. The van der Waals surface area contributed by atoms with Gasteiger partial charge in [-0.1, -0.05) is 30.1 Å². The van der Waals surface area contributed by atoms with Crippen molar-refractivity contribution in [3.05, 3.63) is 52.0 Å². The highest BCUT2D eigenvalue weighted by atomic mass is 35.5. The molecule has 102 valence electrons. The third-order valence-electron chi connectivity index (χ3n) is 3.09. The van der Waals surface area contributed by atoms with Crippen LogP contribution < -0.4 is 5.32 Å². The lowest BCUT2D eigenvalue weighted by Crippen LogP contribution is -2.25. The molecular weight excluding hydrogens is 281 g/mol. The number of halogens is 2. The summed E-state index contributed by atoms with van der Waals surface area (Å²) in [6.07, 6.45) is 4.47. The van der Waals surface area contributed by atoms with Crippen LogP contribution in [0.3, 0.4) is 0 Å². The average Bonchev–Trinajstić information content (AvgIpc) is 2.79. The normalized spacial score (nSPS) is 12.6. The molecule has 0 aliphatic carbocycles. The summed E-state index contributed by atoms with van der Waals surface area (Å²) >= 11 is 12.3. The first-order valence-corrected chi connectivity index (χ1v) is 7.01. The lowest BCUT2D eigenvalue weighted by molar-refractivity contribution is 0.521. The standard InChI is InChI=1S/C14H17Cl2N3/c1-3-18-13(14-8-17-9-19(14)2)7-10-6-11(15)4-5-12(10)16/h4-6,8-9,13,18H,3,7H2,1-2H3. The molecule has 0 spiro atoms. The molecule has 1 aromatic heterocycles. The fourth-order valence-corrected chi connectivity index (χ4v) is 2.54. The predicted molar refractivity (Wildman–Crippen MR) is 79.8 cm³/mol. The third-order valence-corrected chi connectivity index (χ3v) is 3.70. The Morgan fingerprint density at radius 1 is 1.37 bits per heavy atom. The van der Waals surface area contributed by atoms with Gasteiger partial charge < -0.3 is 9.88 Å². The lowest BCUT2D eigenvalue weighted by Gasteiger charge is -2.19. The minimum atomic E-state index is 0.175. The number of imidazole rings is 1. The summed E-state index contributed by atoms with van der Waals surface area (Å²) in [5.74, 6) is 0. The van der Waals surface area contributed by atoms with E-state index in [1.807, 2.05) is 29.9 Å². The van der Waals surface area contributed by atoms with E-state index in [4.69, 9.17) is 23.2 Å². The molecule has 2 aromatic rings. The Balaban J connectivity index is 2.26. The maximum atomic E-state index is 6.23. The van der Waals surface area contributed by atoms with E-state index in [1.54, 1.807) is 12.4 Å². The van der Waals surface area contributed by atoms with Crippen molar-refractivity contribution in [1.82, 2.24) is 14.9 Å². The zero-order valence-corrected chi connectivity index (χ0v) is 12.5. The van der Waals surface area contributed by atoms with Gasteiger partial charge in [0, 0.05) is 23.3 Å². The van der Waals surface area contributed by atoms with Gasteiger partial charge in [0.05, 0.1) is 18.1 Å². The van der Waals surface area contributed by atoms with Crippen LogP contribution in [0.5, 0.6) is 0 Å². The molecule has 0 amide bonds. The Kier molecular flexibility index (Phi) is 4.86. The van der Waals surface area contributed by atoms with Crippen LogP contribution in [0.1, 0.15) is 24.2 Å². The second-order valence-electron chi connectivity index (χ2n) is 4.48. The molecule has 1 atom stereocenters. The number of nitrogens with one attached hydrogen (secondary N) is 1. The summed E-state index contributed by atoms with van der Waals surface area (Å²) in [5, 5.41) is 4.91. The minimum Gasteiger partial charge on any atom is -0.336 e. The predicted octanol–water partition coefficient (Wildman–Crippen LogP) is 3.62. The van der Waals surface area contributed by atoms with Gasteiger partial charge in [-0.3, -0.25) is 0 Å².